The number of allylic oxidation sites excluding steroid dienone is 5. The molecule has 9 nitrogen and oxygen atoms in total. The van der Waals surface area contributed by atoms with Crippen LogP contribution in [0.2, 0.25) is 0 Å². The summed E-state index contributed by atoms with van der Waals surface area (Å²) in [5.41, 5.74) is 0. The molecule has 80 heavy (non-hydrogen) atoms. The summed E-state index contributed by atoms with van der Waals surface area (Å²) in [5.74, 6) is -0.170. The maximum atomic E-state index is 13.1. The lowest BCUT2D eigenvalue weighted by Gasteiger charge is -2.40. The van der Waals surface area contributed by atoms with Crippen LogP contribution in [0.25, 0.3) is 0 Å². The van der Waals surface area contributed by atoms with Crippen LogP contribution in [0.3, 0.4) is 0 Å². The topological polar surface area (TPSA) is 149 Å². The quantitative estimate of drug-likeness (QED) is 0.0261. The molecule has 0 aromatic heterocycles. The van der Waals surface area contributed by atoms with Gasteiger partial charge in [0.05, 0.1) is 25.4 Å². The Morgan fingerprint density at radius 3 is 1.07 bits per heavy atom. The molecule has 1 aliphatic rings. The van der Waals surface area contributed by atoms with Gasteiger partial charge in [0.25, 0.3) is 0 Å². The van der Waals surface area contributed by atoms with E-state index in [0.717, 1.165) is 44.9 Å². The van der Waals surface area contributed by atoms with Gasteiger partial charge in [0.1, 0.15) is 24.4 Å². The molecule has 0 aromatic rings. The van der Waals surface area contributed by atoms with E-state index in [1.54, 1.807) is 6.08 Å². The van der Waals surface area contributed by atoms with Gasteiger partial charge in [-0.3, -0.25) is 4.79 Å². The Hall–Kier alpha value is -1.59. The van der Waals surface area contributed by atoms with E-state index in [2.05, 4.69) is 43.5 Å². The monoisotopic (exact) mass is 1130 g/mol. The number of nitrogens with one attached hydrogen (secondary N) is 1. The van der Waals surface area contributed by atoms with Crippen LogP contribution in [0.4, 0.5) is 0 Å². The third-order valence-corrected chi connectivity index (χ3v) is 17.0. The molecule has 7 atom stereocenters. The number of aliphatic hydroxyl groups is 5. The number of aliphatic hydroxyl groups excluding tert-OH is 5. The average molecular weight is 1130 g/mol. The summed E-state index contributed by atoms with van der Waals surface area (Å²) in [4.78, 5) is 13.1. The van der Waals surface area contributed by atoms with Crippen molar-refractivity contribution in [3.8, 4) is 0 Å². The van der Waals surface area contributed by atoms with Crippen LogP contribution in [0.1, 0.15) is 354 Å². The molecule has 6 N–H and O–H groups in total. The van der Waals surface area contributed by atoms with Crippen LogP contribution in [0.15, 0.2) is 36.5 Å². The van der Waals surface area contributed by atoms with E-state index in [4.69, 9.17) is 9.47 Å². The molecule has 0 aliphatic carbocycles. The zero-order valence-corrected chi connectivity index (χ0v) is 52.9. The molecule has 0 bridgehead atoms. The lowest BCUT2D eigenvalue weighted by molar-refractivity contribution is -0.302. The van der Waals surface area contributed by atoms with Crippen molar-refractivity contribution < 1.29 is 39.8 Å². The molecule has 1 aliphatic heterocycles. The Balaban J connectivity index is 2.01. The first-order valence-electron chi connectivity index (χ1n) is 35.2. The largest absolute Gasteiger partial charge is 0.394 e. The minimum absolute atomic E-state index is 0.170. The van der Waals surface area contributed by atoms with Gasteiger partial charge in [0.15, 0.2) is 6.29 Å². The Morgan fingerprint density at radius 2 is 0.738 bits per heavy atom. The van der Waals surface area contributed by atoms with Gasteiger partial charge in [-0.25, -0.2) is 0 Å². The van der Waals surface area contributed by atoms with Crippen molar-refractivity contribution in [2.45, 2.75) is 397 Å². The van der Waals surface area contributed by atoms with Gasteiger partial charge in [0.2, 0.25) is 5.91 Å². The molecule has 7 unspecified atom stereocenters. The number of carbonyl (C=O) groups is 1. The fourth-order valence-electron chi connectivity index (χ4n) is 11.4. The fourth-order valence-corrected chi connectivity index (χ4v) is 11.4. The second-order valence-corrected chi connectivity index (χ2v) is 24.7. The van der Waals surface area contributed by atoms with Crippen molar-refractivity contribution in [3.05, 3.63) is 36.5 Å². The molecule has 9 heteroatoms. The van der Waals surface area contributed by atoms with Crippen molar-refractivity contribution in [3.63, 3.8) is 0 Å². The molecule has 1 amide bonds. The van der Waals surface area contributed by atoms with E-state index in [1.807, 2.05) is 6.08 Å². The zero-order chi connectivity index (χ0) is 57.9. The minimum atomic E-state index is -1.56. The average Bonchev–Trinajstić information content (AvgIpc) is 3.46. The van der Waals surface area contributed by atoms with Crippen LogP contribution >= 0.6 is 0 Å². The van der Waals surface area contributed by atoms with Gasteiger partial charge in [-0.15, -0.1) is 0 Å². The molecule has 0 radical (unpaired) electrons. The maximum absolute atomic E-state index is 13.1. The van der Waals surface area contributed by atoms with Gasteiger partial charge in [-0.1, -0.05) is 333 Å². The van der Waals surface area contributed by atoms with Crippen LogP contribution in [-0.2, 0) is 14.3 Å². The third-order valence-electron chi connectivity index (χ3n) is 17.0. The van der Waals surface area contributed by atoms with Crippen molar-refractivity contribution in [1.29, 1.82) is 0 Å². The Kier molecular flexibility index (Phi) is 57.8. The van der Waals surface area contributed by atoms with Crippen molar-refractivity contribution in [2.24, 2.45) is 0 Å². The number of carbonyl (C=O) groups excluding carboxylic acids is 1. The summed E-state index contributed by atoms with van der Waals surface area (Å²) in [6.45, 7) is 3.81. The second-order valence-electron chi connectivity index (χ2n) is 24.7. The summed E-state index contributed by atoms with van der Waals surface area (Å²) in [5, 5.41) is 54.6. The van der Waals surface area contributed by atoms with E-state index in [9.17, 15) is 30.3 Å². The fraction of sp³-hybridized carbons (Fsp3) is 0.901. The molecular formula is C71H135NO8. The lowest BCUT2D eigenvalue weighted by atomic mass is 9.99. The summed E-state index contributed by atoms with van der Waals surface area (Å²) < 4.78 is 11.3. The highest BCUT2D eigenvalue weighted by Gasteiger charge is 2.44. The zero-order valence-electron chi connectivity index (χ0n) is 52.9. The number of hydrogen-bond acceptors (Lipinski definition) is 8. The number of rotatable bonds is 62. The van der Waals surface area contributed by atoms with Crippen LogP contribution < -0.4 is 5.32 Å². The molecule has 1 rings (SSSR count). The first-order chi connectivity index (χ1) is 39.3. The normalized spacial score (nSPS) is 18.6. The van der Waals surface area contributed by atoms with Gasteiger partial charge in [0, 0.05) is 6.42 Å². The molecule has 1 saturated heterocycles. The lowest BCUT2D eigenvalue weighted by Crippen LogP contribution is -2.60. The highest BCUT2D eigenvalue weighted by atomic mass is 16.7. The van der Waals surface area contributed by atoms with E-state index in [0.29, 0.717) is 6.42 Å². The van der Waals surface area contributed by atoms with Gasteiger partial charge in [-0.2, -0.15) is 0 Å². The first-order valence-corrected chi connectivity index (χ1v) is 35.2. The molecule has 1 heterocycles. The van der Waals surface area contributed by atoms with Crippen LogP contribution in [0, 0.1) is 0 Å². The Bertz CT molecular complexity index is 1360. The molecule has 0 saturated carbocycles. The third kappa shape index (κ3) is 48.7. The Morgan fingerprint density at radius 1 is 0.425 bits per heavy atom. The number of hydrogen-bond donors (Lipinski definition) is 6. The molecular weight excluding hydrogens is 995 g/mol. The Labute approximate surface area is 495 Å². The summed E-state index contributed by atoms with van der Waals surface area (Å²) in [7, 11) is 0. The van der Waals surface area contributed by atoms with E-state index >= 15 is 0 Å². The maximum Gasteiger partial charge on any atom is 0.220 e. The van der Waals surface area contributed by atoms with Gasteiger partial charge < -0.3 is 40.3 Å². The predicted octanol–water partition coefficient (Wildman–Crippen LogP) is 19.0. The molecule has 1 fully saturated rings. The van der Waals surface area contributed by atoms with E-state index in [-0.39, 0.29) is 12.5 Å². The van der Waals surface area contributed by atoms with Crippen molar-refractivity contribution in [2.75, 3.05) is 13.2 Å². The van der Waals surface area contributed by atoms with Gasteiger partial charge in [-0.05, 0) is 51.4 Å². The smallest absolute Gasteiger partial charge is 0.220 e. The van der Waals surface area contributed by atoms with E-state index in [1.165, 1.54) is 289 Å². The highest BCUT2D eigenvalue weighted by Crippen LogP contribution is 2.23. The number of ether oxygens (including phenoxy) is 2. The van der Waals surface area contributed by atoms with Gasteiger partial charge >= 0.3 is 0 Å². The number of unbranched alkanes of at least 4 members (excludes halogenated alkanes) is 48. The number of amides is 1. The second kappa shape index (κ2) is 60.5. The minimum Gasteiger partial charge on any atom is -0.394 e. The first kappa shape index (κ1) is 76.4. The SMILES string of the molecule is CCCCCCC/C=C\C/C=C\CCCCCCCCCCCCCCCCCCCCCCCCCCCCCCCC(=O)NC(COC1OC(CO)C(O)C(O)C1O)C(O)/C=C/CCCCCCCCCCCCCCCC. The van der Waals surface area contributed by atoms with Crippen molar-refractivity contribution >= 4 is 5.91 Å². The van der Waals surface area contributed by atoms with E-state index < -0.39 is 49.5 Å². The van der Waals surface area contributed by atoms with Crippen LogP contribution in [-0.4, -0.2) is 87.5 Å². The van der Waals surface area contributed by atoms with Crippen LogP contribution in [0.5, 0.6) is 0 Å². The molecule has 0 spiro atoms. The summed E-state index contributed by atoms with van der Waals surface area (Å²) >= 11 is 0. The summed E-state index contributed by atoms with van der Waals surface area (Å²) in [6.07, 6.45) is 74.2. The van der Waals surface area contributed by atoms with Crippen molar-refractivity contribution in [1.82, 2.24) is 5.32 Å². The highest BCUT2D eigenvalue weighted by molar-refractivity contribution is 5.76. The predicted molar refractivity (Wildman–Crippen MR) is 341 cm³/mol. The summed E-state index contributed by atoms with van der Waals surface area (Å²) in [6, 6.07) is -0.802. The molecule has 0 aromatic carbocycles. The molecule has 472 valence electrons. The standard InChI is InChI=1S/C71H135NO8/c1-3-5-7-9-11-13-15-17-19-21-22-23-24-25-26-27-28-29-30-31-32-33-34-35-36-37-38-39-40-41-42-43-44-45-47-49-51-53-55-57-59-61-67(75)72-64(63-79-71-70(78)69(77)68(76)66(62-73)80-71)65(74)60-58-56-54-52-50-48-46-20-18-16-14-12-10-8-6-4-2/h15,17,21-22,58,60,64-66,68-71,73-74,76-78H,3-14,16,18-20,23-57,59,61-63H2,1-2H3,(H,72,75)/b17-15-,22-21-,60-58+.